The molecule has 2 aliphatic rings. The standard InChI is InChI=1S/C22H23ClN2O4/c23-18-13-16(14-19-21(18)29-12-4-11-28-19)15-20(26)24-7-9-25(10-8-24)22(27)17-5-2-1-3-6-17/h1-3,5-6,13-14H,4,7-12,15H2. The van der Waals surface area contributed by atoms with E-state index in [4.69, 9.17) is 21.1 Å². The second-order valence-electron chi connectivity index (χ2n) is 7.17. The second kappa shape index (κ2) is 8.74. The summed E-state index contributed by atoms with van der Waals surface area (Å²) in [6, 6.07) is 12.8. The first-order valence-corrected chi connectivity index (χ1v) is 10.2. The van der Waals surface area contributed by atoms with Crippen LogP contribution in [0.15, 0.2) is 42.5 Å². The molecule has 7 heteroatoms. The predicted octanol–water partition coefficient (Wildman–Crippen LogP) is 3.03. The first kappa shape index (κ1) is 19.6. The summed E-state index contributed by atoms with van der Waals surface area (Å²) in [6.45, 7) is 3.24. The minimum atomic E-state index is 0.00684. The van der Waals surface area contributed by atoms with E-state index >= 15 is 0 Å². The molecule has 0 saturated carbocycles. The lowest BCUT2D eigenvalue weighted by molar-refractivity contribution is -0.131. The molecular weight excluding hydrogens is 392 g/mol. The number of benzene rings is 2. The molecule has 2 amide bonds. The summed E-state index contributed by atoms with van der Waals surface area (Å²) in [5.41, 5.74) is 1.47. The lowest BCUT2D eigenvalue weighted by Crippen LogP contribution is -2.51. The Kier molecular flexibility index (Phi) is 5.90. The zero-order chi connectivity index (χ0) is 20.2. The number of hydrogen-bond donors (Lipinski definition) is 0. The summed E-state index contributed by atoms with van der Waals surface area (Å²) in [6.07, 6.45) is 1.04. The number of fused-ring (bicyclic) bond motifs is 1. The van der Waals surface area contributed by atoms with Gasteiger partial charge >= 0.3 is 0 Å². The van der Waals surface area contributed by atoms with Crippen molar-refractivity contribution in [3.05, 3.63) is 58.6 Å². The Labute approximate surface area is 174 Å². The Bertz CT molecular complexity index is 895. The Morgan fingerprint density at radius 2 is 1.62 bits per heavy atom. The maximum Gasteiger partial charge on any atom is 0.253 e. The molecule has 1 fully saturated rings. The van der Waals surface area contributed by atoms with Gasteiger partial charge in [0.25, 0.3) is 5.91 Å². The highest BCUT2D eigenvalue weighted by Gasteiger charge is 2.25. The van der Waals surface area contributed by atoms with E-state index in [1.165, 1.54) is 0 Å². The van der Waals surface area contributed by atoms with Gasteiger partial charge in [-0.05, 0) is 29.8 Å². The van der Waals surface area contributed by atoms with Crippen LogP contribution in [0.5, 0.6) is 11.5 Å². The van der Waals surface area contributed by atoms with Gasteiger partial charge in [-0.3, -0.25) is 9.59 Å². The van der Waals surface area contributed by atoms with Crippen molar-refractivity contribution >= 4 is 23.4 Å². The number of hydrogen-bond acceptors (Lipinski definition) is 4. The normalized spacial score (nSPS) is 16.3. The van der Waals surface area contributed by atoms with Gasteiger partial charge in [-0.25, -0.2) is 0 Å². The van der Waals surface area contributed by atoms with Gasteiger partial charge in [-0.15, -0.1) is 0 Å². The van der Waals surface area contributed by atoms with Crippen LogP contribution in [0.2, 0.25) is 5.02 Å². The molecule has 2 aliphatic heterocycles. The third kappa shape index (κ3) is 4.48. The highest BCUT2D eigenvalue weighted by Crippen LogP contribution is 2.38. The molecule has 0 radical (unpaired) electrons. The Balaban J connectivity index is 1.36. The molecule has 2 heterocycles. The summed E-state index contributed by atoms with van der Waals surface area (Å²) in [5.74, 6) is 1.17. The van der Waals surface area contributed by atoms with E-state index in [0.717, 1.165) is 12.0 Å². The van der Waals surface area contributed by atoms with Crippen LogP contribution in [0.4, 0.5) is 0 Å². The fourth-order valence-corrected chi connectivity index (χ4v) is 3.88. The molecule has 0 bridgehead atoms. The Hall–Kier alpha value is -2.73. The number of amides is 2. The van der Waals surface area contributed by atoms with E-state index in [-0.39, 0.29) is 18.2 Å². The number of piperazine rings is 1. The minimum absolute atomic E-state index is 0.00684. The molecule has 6 nitrogen and oxygen atoms in total. The Morgan fingerprint density at radius 1 is 0.931 bits per heavy atom. The first-order valence-electron chi connectivity index (χ1n) is 9.82. The van der Waals surface area contributed by atoms with E-state index in [2.05, 4.69) is 0 Å². The summed E-state index contributed by atoms with van der Waals surface area (Å²) < 4.78 is 11.3. The van der Waals surface area contributed by atoms with Crippen LogP contribution < -0.4 is 9.47 Å². The van der Waals surface area contributed by atoms with E-state index in [1.54, 1.807) is 15.9 Å². The van der Waals surface area contributed by atoms with Gasteiger partial charge < -0.3 is 19.3 Å². The first-order chi connectivity index (χ1) is 14.1. The molecule has 0 N–H and O–H groups in total. The van der Waals surface area contributed by atoms with Crippen molar-refractivity contribution in [2.45, 2.75) is 12.8 Å². The zero-order valence-corrected chi connectivity index (χ0v) is 16.9. The van der Waals surface area contributed by atoms with Crippen LogP contribution in [0.3, 0.4) is 0 Å². The van der Waals surface area contributed by atoms with E-state index < -0.39 is 0 Å². The largest absolute Gasteiger partial charge is 0.489 e. The predicted molar refractivity (Wildman–Crippen MR) is 110 cm³/mol. The van der Waals surface area contributed by atoms with E-state index in [1.807, 2.05) is 36.4 Å². The van der Waals surface area contributed by atoms with Crippen LogP contribution in [0.1, 0.15) is 22.3 Å². The van der Waals surface area contributed by atoms with E-state index in [9.17, 15) is 9.59 Å². The molecular formula is C22H23ClN2O4. The molecule has 0 atom stereocenters. The quantitative estimate of drug-likeness (QED) is 0.774. The van der Waals surface area contributed by atoms with Crippen LogP contribution >= 0.6 is 11.6 Å². The number of carbonyl (C=O) groups is 2. The smallest absolute Gasteiger partial charge is 0.253 e. The summed E-state index contributed by atoms with van der Waals surface area (Å²) in [4.78, 5) is 28.9. The molecule has 0 aromatic heterocycles. The van der Waals surface area contributed by atoms with Gasteiger partial charge in [0, 0.05) is 38.2 Å². The van der Waals surface area contributed by atoms with Crippen molar-refractivity contribution in [2.24, 2.45) is 0 Å². The monoisotopic (exact) mass is 414 g/mol. The molecule has 2 aromatic carbocycles. The third-order valence-corrected chi connectivity index (χ3v) is 5.44. The van der Waals surface area contributed by atoms with Crippen molar-refractivity contribution in [1.82, 2.24) is 9.80 Å². The van der Waals surface area contributed by atoms with Gasteiger partial charge in [0.1, 0.15) is 0 Å². The SMILES string of the molecule is O=C(Cc1cc(Cl)c2c(c1)OCCCO2)N1CCN(C(=O)c2ccccc2)CC1. The molecule has 1 saturated heterocycles. The summed E-state index contributed by atoms with van der Waals surface area (Å²) >= 11 is 6.33. The van der Waals surface area contributed by atoms with Crippen LogP contribution in [-0.2, 0) is 11.2 Å². The average molecular weight is 415 g/mol. The molecule has 0 unspecified atom stereocenters. The fourth-order valence-electron chi connectivity index (χ4n) is 3.59. The van der Waals surface area contributed by atoms with Gasteiger partial charge in [-0.2, -0.15) is 0 Å². The highest BCUT2D eigenvalue weighted by molar-refractivity contribution is 6.32. The second-order valence-corrected chi connectivity index (χ2v) is 7.58. The fraction of sp³-hybridized carbons (Fsp3) is 0.364. The number of halogens is 1. The van der Waals surface area contributed by atoms with Gasteiger partial charge in [-0.1, -0.05) is 29.8 Å². The zero-order valence-electron chi connectivity index (χ0n) is 16.1. The molecule has 152 valence electrons. The lowest BCUT2D eigenvalue weighted by atomic mass is 10.1. The van der Waals surface area contributed by atoms with Crippen molar-refractivity contribution in [3.8, 4) is 11.5 Å². The molecule has 0 spiro atoms. The maximum absolute atomic E-state index is 12.8. The van der Waals surface area contributed by atoms with Crippen molar-refractivity contribution in [1.29, 1.82) is 0 Å². The molecule has 29 heavy (non-hydrogen) atoms. The number of rotatable bonds is 3. The Morgan fingerprint density at radius 3 is 2.38 bits per heavy atom. The topological polar surface area (TPSA) is 59.1 Å². The molecule has 4 rings (SSSR count). The molecule has 2 aromatic rings. The average Bonchev–Trinajstić information content (AvgIpc) is 3.00. The van der Waals surface area contributed by atoms with Gasteiger partial charge in [0.15, 0.2) is 11.5 Å². The van der Waals surface area contributed by atoms with Crippen LogP contribution in [-0.4, -0.2) is 61.0 Å². The van der Waals surface area contributed by atoms with Gasteiger partial charge in [0.05, 0.1) is 24.7 Å². The van der Waals surface area contributed by atoms with Crippen LogP contribution in [0, 0.1) is 0 Å². The number of ether oxygens (including phenoxy) is 2. The lowest BCUT2D eigenvalue weighted by Gasteiger charge is -2.35. The van der Waals surface area contributed by atoms with Crippen molar-refractivity contribution in [3.63, 3.8) is 0 Å². The number of carbonyl (C=O) groups excluding carboxylic acids is 2. The summed E-state index contributed by atoms with van der Waals surface area (Å²) in [7, 11) is 0. The highest BCUT2D eigenvalue weighted by atomic mass is 35.5. The third-order valence-electron chi connectivity index (χ3n) is 5.16. The van der Waals surface area contributed by atoms with Gasteiger partial charge in [0.2, 0.25) is 5.91 Å². The maximum atomic E-state index is 12.8. The van der Waals surface area contributed by atoms with Crippen molar-refractivity contribution < 1.29 is 19.1 Å². The minimum Gasteiger partial charge on any atom is -0.489 e. The number of nitrogens with zero attached hydrogens (tertiary/aromatic N) is 2. The molecule has 0 aliphatic carbocycles. The van der Waals surface area contributed by atoms with E-state index in [0.29, 0.717) is 61.5 Å². The summed E-state index contributed by atoms with van der Waals surface area (Å²) in [5, 5.41) is 0.463. The van der Waals surface area contributed by atoms with Crippen LogP contribution in [0.25, 0.3) is 0 Å². The van der Waals surface area contributed by atoms with Crippen molar-refractivity contribution in [2.75, 3.05) is 39.4 Å².